The molecule has 0 rings (SSSR count). The Morgan fingerprint density at radius 2 is 0.500 bits per heavy atom. The first kappa shape index (κ1) is 1210. The Bertz CT molecular complexity index is 8.00. The van der Waals surface area contributed by atoms with E-state index in [1.54, 1.807) is 0 Å². The van der Waals surface area contributed by atoms with E-state index in [1.165, 1.54) is 0 Å². The van der Waals surface area contributed by atoms with Gasteiger partial charge in [-0.15, -0.1) is 0 Å². The minimum absolute atomic E-state index is 0. The lowest BCUT2D eigenvalue weighted by Gasteiger charge is -0.345. The SMILES string of the molecule is N.N.N.N.[HH].[HH].[HH].[HH]. The summed E-state index contributed by atoms with van der Waals surface area (Å²) in [5.74, 6) is 0. The van der Waals surface area contributed by atoms with Crippen molar-refractivity contribution in [2.24, 2.45) is 0 Å². The molecule has 0 aliphatic heterocycles. The van der Waals surface area contributed by atoms with E-state index >= 15 is 0 Å². The van der Waals surface area contributed by atoms with Gasteiger partial charge in [-0.25, -0.2) is 0 Å². The molecule has 0 amide bonds. The molecular formula is H20N4. The van der Waals surface area contributed by atoms with E-state index in [9.17, 15) is 0 Å². The van der Waals surface area contributed by atoms with Crippen LogP contribution in [0.1, 0.15) is 5.71 Å². The van der Waals surface area contributed by atoms with Gasteiger partial charge in [0.05, 0.1) is 0 Å². The fourth-order valence-corrected chi connectivity index (χ4v) is 0. The average Bonchev–Trinajstić information content (AvgIpc) is 0. The molecule has 0 atom stereocenters. The molecule has 0 aliphatic carbocycles. The summed E-state index contributed by atoms with van der Waals surface area (Å²) in [5, 5.41) is 0. The third-order valence-electron chi connectivity index (χ3n) is 0. The van der Waals surface area contributed by atoms with Gasteiger partial charge in [0.15, 0.2) is 0 Å². The van der Waals surface area contributed by atoms with Crippen LogP contribution < -0.4 is 24.6 Å². The zero-order valence-corrected chi connectivity index (χ0v) is 2.83. The van der Waals surface area contributed by atoms with Crippen LogP contribution in [0.2, 0.25) is 0 Å². The minimum atomic E-state index is 0. The molecule has 0 heterocycles. The summed E-state index contributed by atoms with van der Waals surface area (Å²) in [6.45, 7) is 0. The molecule has 4 nitrogen and oxygen atoms in total. The van der Waals surface area contributed by atoms with Crippen LogP contribution in [-0.4, -0.2) is 0 Å². The van der Waals surface area contributed by atoms with E-state index in [0.29, 0.717) is 0 Å². The molecule has 0 aliphatic rings. The molecule has 40 valence electrons. The maximum atomic E-state index is 0. The standard InChI is InChI=1S/4H3N.4H2/h4*1H3;4*1H. The van der Waals surface area contributed by atoms with Crippen molar-refractivity contribution < 1.29 is 5.71 Å². The monoisotopic (exact) mass is 76.2 g/mol. The van der Waals surface area contributed by atoms with Gasteiger partial charge in [-0.2, -0.15) is 0 Å². The van der Waals surface area contributed by atoms with Crippen LogP contribution >= 0.6 is 0 Å². The summed E-state index contributed by atoms with van der Waals surface area (Å²) in [5.41, 5.74) is 0. The lowest BCUT2D eigenvalue weighted by Crippen LogP contribution is -0.482. The second-order valence-corrected chi connectivity index (χ2v) is 0. The topological polar surface area (TPSA) is 140 Å². The van der Waals surface area contributed by atoms with E-state index in [-0.39, 0.29) is 30.3 Å². The van der Waals surface area contributed by atoms with Crippen molar-refractivity contribution in [3.8, 4) is 0 Å². The predicted molar refractivity (Wildman–Crippen MR) is 28.5 cm³/mol. The van der Waals surface area contributed by atoms with Crippen molar-refractivity contribution >= 4 is 0 Å². The second kappa shape index (κ2) is 376. The quantitative estimate of drug-likeness (QED) is 0.348. The Labute approximate surface area is 31.9 Å². The Kier molecular flexibility index (Phi) is 114000. The van der Waals surface area contributed by atoms with Gasteiger partial charge in [-0.3, -0.25) is 0 Å². The fourth-order valence-electron chi connectivity index (χ4n) is 0. The smallest absolute Gasteiger partial charge is 0 e. The van der Waals surface area contributed by atoms with E-state index in [2.05, 4.69) is 0 Å². The molecule has 0 spiro atoms. The van der Waals surface area contributed by atoms with Gasteiger partial charge in [0.1, 0.15) is 0 Å². The first-order chi connectivity index (χ1) is 0. The van der Waals surface area contributed by atoms with Gasteiger partial charge in [0.2, 0.25) is 0 Å². The summed E-state index contributed by atoms with van der Waals surface area (Å²) in [4.78, 5) is 0. The molecule has 0 aromatic rings. The Morgan fingerprint density at radius 3 is 0.500 bits per heavy atom. The van der Waals surface area contributed by atoms with Crippen molar-refractivity contribution in [2.75, 3.05) is 0 Å². The molecule has 0 unspecified atom stereocenters. The molecular weight excluding hydrogens is 56.0 g/mol. The highest BCUT2D eigenvalue weighted by Crippen LogP contribution is -0.478. The summed E-state index contributed by atoms with van der Waals surface area (Å²) < 4.78 is 0. The summed E-state index contributed by atoms with van der Waals surface area (Å²) in [7, 11) is 0. The lowest BCUT2D eigenvalue weighted by molar-refractivity contribution is 2.13. The molecule has 12 N–H and O–H groups in total. The molecule has 0 bridgehead atoms. The van der Waals surface area contributed by atoms with Crippen LogP contribution in [0.3, 0.4) is 0 Å². The third-order valence-corrected chi connectivity index (χ3v) is 0. The second-order valence-electron chi connectivity index (χ2n) is 0. The largest absolute Gasteiger partial charge is 0.344 e. The summed E-state index contributed by atoms with van der Waals surface area (Å²) in [6.07, 6.45) is 0. The number of hydrogen-bond acceptors (Lipinski definition) is 4. The molecule has 0 saturated heterocycles. The van der Waals surface area contributed by atoms with Crippen LogP contribution in [0.4, 0.5) is 0 Å². The molecule has 0 fully saturated rings. The van der Waals surface area contributed by atoms with Crippen LogP contribution in [-0.2, 0) is 0 Å². The first-order valence-corrected chi connectivity index (χ1v) is 0. The van der Waals surface area contributed by atoms with E-state index in [0.717, 1.165) is 0 Å². The highest BCUT2D eigenvalue weighted by atomic mass is 14.0. The Hall–Kier alpha value is -0.160. The predicted octanol–water partition coefficient (Wildman–Crippen LogP) is 1.63. The van der Waals surface area contributed by atoms with Crippen LogP contribution in [0.15, 0.2) is 0 Å². The maximum Gasteiger partial charge on any atom is 0 e. The molecule has 4 heavy (non-hydrogen) atoms. The molecule has 0 aromatic carbocycles. The van der Waals surface area contributed by atoms with Crippen molar-refractivity contribution in [3.05, 3.63) is 0 Å². The van der Waals surface area contributed by atoms with E-state index in [4.69, 9.17) is 0 Å². The van der Waals surface area contributed by atoms with Gasteiger partial charge < -0.3 is 24.6 Å². The highest BCUT2D eigenvalue weighted by molar-refractivity contribution is 2.14. The Morgan fingerprint density at radius 1 is 0.500 bits per heavy atom. The highest BCUT2D eigenvalue weighted by Gasteiger charge is -0.341. The normalized spacial score (nSPS) is 0. The zero-order valence-electron chi connectivity index (χ0n) is 2.83. The third kappa shape index (κ3) is 50.7. The fraction of sp³-hybridized carbons (Fsp3) is 0. The molecule has 0 aromatic heterocycles. The van der Waals surface area contributed by atoms with Crippen molar-refractivity contribution in [1.29, 1.82) is 0 Å². The lowest BCUT2D eigenvalue weighted by atomic mass is 14.0. The molecule has 0 saturated carbocycles. The van der Waals surface area contributed by atoms with Crippen LogP contribution in [0.5, 0.6) is 0 Å². The van der Waals surface area contributed by atoms with Gasteiger partial charge in [0.25, 0.3) is 0 Å². The van der Waals surface area contributed by atoms with E-state index < -0.39 is 0 Å². The minimum Gasteiger partial charge on any atom is -0.344 e. The number of rotatable bonds is 0. The van der Waals surface area contributed by atoms with Crippen molar-refractivity contribution in [3.63, 3.8) is 0 Å². The van der Waals surface area contributed by atoms with Crippen molar-refractivity contribution in [1.82, 2.24) is 24.6 Å². The van der Waals surface area contributed by atoms with E-state index in [1.807, 2.05) is 0 Å². The summed E-state index contributed by atoms with van der Waals surface area (Å²) in [6, 6.07) is 0. The zero-order chi connectivity index (χ0) is 0. The maximum absolute atomic E-state index is 0. The summed E-state index contributed by atoms with van der Waals surface area (Å²) >= 11 is 0. The Balaban J connectivity index is 0. The van der Waals surface area contributed by atoms with Gasteiger partial charge >= 0.3 is 0 Å². The van der Waals surface area contributed by atoms with Gasteiger partial charge in [-0.05, 0) is 0 Å². The number of hydrogen-bond donors (Lipinski definition) is 4. The molecule has 0 radical (unpaired) electrons. The van der Waals surface area contributed by atoms with Crippen LogP contribution in [0.25, 0.3) is 0 Å². The van der Waals surface area contributed by atoms with Crippen molar-refractivity contribution in [2.45, 2.75) is 0 Å². The van der Waals surface area contributed by atoms with Gasteiger partial charge in [0, 0.05) is 5.71 Å². The molecule has 4 heteroatoms. The first-order valence-electron chi connectivity index (χ1n) is 0. The van der Waals surface area contributed by atoms with Gasteiger partial charge in [-0.1, -0.05) is 0 Å². The average molecular weight is 76.2 g/mol. The van der Waals surface area contributed by atoms with Crippen LogP contribution in [0, 0.1) is 0 Å².